The zero-order valence-electron chi connectivity index (χ0n) is 18.4. The fraction of sp³-hybridized carbons (Fsp3) is 0.458. The third-order valence-corrected chi connectivity index (χ3v) is 5.82. The topological polar surface area (TPSA) is 104 Å². The Balaban J connectivity index is 1.28. The Morgan fingerprint density at radius 3 is 2.69 bits per heavy atom. The van der Waals surface area contributed by atoms with Crippen LogP contribution in [0.5, 0.6) is 0 Å². The van der Waals surface area contributed by atoms with E-state index >= 15 is 0 Å². The molecular weight excluding hydrogens is 408 g/mol. The lowest BCUT2D eigenvalue weighted by atomic mass is 10.1. The van der Waals surface area contributed by atoms with E-state index in [0.717, 1.165) is 43.6 Å². The predicted octanol–water partition coefficient (Wildman–Crippen LogP) is 2.26. The van der Waals surface area contributed by atoms with Crippen molar-refractivity contribution in [1.82, 2.24) is 20.9 Å². The third-order valence-electron chi connectivity index (χ3n) is 5.82. The number of likely N-dealkylation sites (tertiary alicyclic amines) is 1. The summed E-state index contributed by atoms with van der Waals surface area (Å²) in [6.45, 7) is 3.33. The van der Waals surface area contributed by atoms with Crippen molar-refractivity contribution in [3.63, 3.8) is 0 Å². The number of nitrogens with zero attached hydrogens (tertiary/aromatic N) is 1. The van der Waals surface area contributed by atoms with Gasteiger partial charge in [0.15, 0.2) is 0 Å². The van der Waals surface area contributed by atoms with Gasteiger partial charge in [0, 0.05) is 25.1 Å². The number of nitrogens with one attached hydrogen (secondary N) is 3. The quantitative estimate of drug-likeness (QED) is 0.557. The lowest BCUT2D eigenvalue weighted by Gasteiger charge is -2.22. The van der Waals surface area contributed by atoms with E-state index in [-0.39, 0.29) is 30.3 Å². The fourth-order valence-electron chi connectivity index (χ4n) is 3.98. The van der Waals surface area contributed by atoms with Crippen LogP contribution in [0, 0.1) is 0 Å². The molecule has 8 nitrogen and oxygen atoms in total. The number of rotatable bonds is 9. The number of hydrogen-bond acceptors (Lipinski definition) is 5. The molecule has 2 heterocycles. The average molecular weight is 439 g/mol. The van der Waals surface area contributed by atoms with Gasteiger partial charge in [-0.2, -0.15) is 0 Å². The molecule has 1 aliphatic heterocycles. The maximum absolute atomic E-state index is 12.6. The maximum atomic E-state index is 12.6. The number of furan rings is 1. The second-order valence-electron chi connectivity index (χ2n) is 8.57. The minimum Gasteiger partial charge on any atom is -0.463 e. The summed E-state index contributed by atoms with van der Waals surface area (Å²) >= 11 is 0. The second-order valence-corrected chi connectivity index (χ2v) is 8.57. The monoisotopic (exact) mass is 438 g/mol. The lowest BCUT2D eigenvalue weighted by Crippen LogP contribution is -2.36. The van der Waals surface area contributed by atoms with E-state index in [1.807, 2.05) is 30.3 Å². The van der Waals surface area contributed by atoms with Gasteiger partial charge in [-0.3, -0.25) is 19.3 Å². The van der Waals surface area contributed by atoms with Crippen molar-refractivity contribution < 1.29 is 18.8 Å². The number of carbonyl (C=O) groups is 3. The van der Waals surface area contributed by atoms with Gasteiger partial charge in [-0.15, -0.1) is 0 Å². The molecule has 1 unspecified atom stereocenters. The van der Waals surface area contributed by atoms with Crippen molar-refractivity contribution in [1.29, 1.82) is 0 Å². The molecule has 4 rings (SSSR count). The van der Waals surface area contributed by atoms with Crippen molar-refractivity contribution >= 4 is 17.7 Å². The van der Waals surface area contributed by atoms with E-state index in [9.17, 15) is 14.4 Å². The lowest BCUT2D eigenvalue weighted by molar-refractivity contribution is -0.122. The van der Waals surface area contributed by atoms with Crippen LogP contribution in [0.3, 0.4) is 0 Å². The largest absolute Gasteiger partial charge is 0.463 e. The van der Waals surface area contributed by atoms with E-state index in [0.29, 0.717) is 30.5 Å². The highest BCUT2D eigenvalue weighted by Crippen LogP contribution is 2.32. The van der Waals surface area contributed by atoms with Crippen LogP contribution in [0.2, 0.25) is 0 Å². The Morgan fingerprint density at radius 2 is 1.91 bits per heavy atom. The Kier molecular flexibility index (Phi) is 6.90. The molecule has 1 aliphatic carbocycles. The number of benzene rings is 1. The maximum Gasteiger partial charge on any atom is 0.251 e. The van der Waals surface area contributed by atoms with Gasteiger partial charge in [-0.1, -0.05) is 12.1 Å². The molecule has 1 saturated carbocycles. The van der Waals surface area contributed by atoms with Gasteiger partial charge >= 0.3 is 0 Å². The van der Waals surface area contributed by atoms with Gasteiger partial charge in [0.1, 0.15) is 11.5 Å². The highest BCUT2D eigenvalue weighted by atomic mass is 16.3. The van der Waals surface area contributed by atoms with E-state index in [2.05, 4.69) is 20.9 Å². The first-order chi connectivity index (χ1) is 15.5. The van der Waals surface area contributed by atoms with Crippen LogP contribution < -0.4 is 16.0 Å². The smallest absolute Gasteiger partial charge is 0.251 e. The van der Waals surface area contributed by atoms with Crippen LogP contribution in [0.4, 0.5) is 0 Å². The van der Waals surface area contributed by atoms with Crippen LogP contribution in [-0.4, -0.2) is 41.8 Å². The molecule has 1 aromatic heterocycles. The van der Waals surface area contributed by atoms with E-state index in [1.54, 1.807) is 6.07 Å². The Labute approximate surface area is 187 Å². The number of carbonyl (C=O) groups excluding carboxylic acids is 3. The molecule has 0 radical (unpaired) electrons. The highest BCUT2D eigenvalue weighted by molar-refractivity contribution is 5.94. The minimum absolute atomic E-state index is 0.0567. The summed E-state index contributed by atoms with van der Waals surface area (Å²) in [5, 5.41) is 8.68. The van der Waals surface area contributed by atoms with Gasteiger partial charge in [-0.25, -0.2) is 0 Å². The Hall–Kier alpha value is -3.13. The van der Waals surface area contributed by atoms with Crippen molar-refractivity contribution in [2.24, 2.45) is 0 Å². The van der Waals surface area contributed by atoms with Crippen LogP contribution in [0.1, 0.15) is 66.1 Å². The summed E-state index contributed by atoms with van der Waals surface area (Å²) in [7, 11) is 0. The van der Waals surface area contributed by atoms with Gasteiger partial charge in [0.05, 0.1) is 19.1 Å². The molecule has 2 aliphatic rings. The van der Waals surface area contributed by atoms with Crippen LogP contribution in [0.25, 0.3) is 0 Å². The molecule has 32 heavy (non-hydrogen) atoms. The first kappa shape index (κ1) is 22.1. The van der Waals surface area contributed by atoms with Crippen LogP contribution in [-0.2, 0) is 22.7 Å². The van der Waals surface area contributed by atoms with Crippen LogP contribution >= 0.6 is 0 Å². The summed E-state index contributed by atoms with van der Waals surface area (Å²) in [5.74, 6) is 1.31. The molecule has 1 saturated heterocycles. The molecule has 170 valence electrons. The van der Waals surface area contributed by atoms with Gasteiger partial charge in [-0.05, 0) is 62.1 Å². The molecule has 3 amide bonds. The summed E-state index contributed by atoms with van der Waals surface area (Å²) < 4.78 is 5.90. The van der Waals surface area contributed by atoms with Gasteiger partial charge in [0.2, 0.25) is 11.8 Å². The summed E-state index contributed by atoms with van der Waals surface area (Å²) in [6.07, 6.45) is 4.03. The molecule has 1 atom stereocenters. The molecular formula is C24H30N4O4. The summed E-state index contributed by atoms with van der Waals surface area (Å²) in [4.78, 5) is 38.0. The first-order valence-electron chi connectivity index (χ1n) is 11.2. The third kappa shape index (κ3) is 5.97. The van der Waals surface area contributed by atoms with E-state index in [4.69, 9.17) is 4.42 Å². The Bertz CT molecular complexity index is 982. The van der Waals surface area contributed by atoms with Crippen molar-refractivity contribution in [2.45, 2.75) is 57.8 Å². The van der Waals surface area contributed by atoms with E-state index in [1.165, 1.54) is 6.92 Å². The molecule has 2 fully saturated rings. The molecule has 2 aromatic rings. The highest BCUT2D eigenvalue weighted by Gasteiger charge is 2.30. The van der Waals surface area contributed by atoms with Crippen molar-refractivity contribution in [2.75, 3.05) is 13.1 Å². The normalized spacial score (nSPS) is 18.3. The number of amides is 3. The zero-order chi connectivity index (χ0) is 22.5. The molecule has 0 bridgehead atoms. The van der Waals surface area contributed by atoms with Crippen molar-refractivity contribution in [3.8, 4) is 0 Å². The number of hydrogen-bond donors (Lipinski definition) is 3. The predicted molar refractivity (Wildman–Crippen MR) is 119 cm³/mol. The Morgan fingerprint density at radius 1 is 1.06 bits per heavy atom. The van der Waals surface area contributed by atoms with E-state index < -0.39 is 0 Å². The average Bonchev–Trinajstić information content (AvgIpc) is 3.27. The molecule has 0 spiro atoms. The minimum atomic E-state index is -0.101. The van der Waals surface area contributed by atoms with Crippen molar-refractivity contribution in [3.05, 3.63) is 59.0 Å². The standard InChI is InChI=1S/C24H30N4O4/c1-16(29)25-14-20-9-10-22(32-20)21-6-3-11-28(21)15-23(30)26-13-17-4-2-5-18(12-17)24(31)27-19-7-8-19/h2,4-5,9-10,12,19,21H,3,6-8,11,13-15H2,1H3,(H,25,29)(H,26,30)(H,27,31). The second kappa shape index (κ2) is 9.99. The van der Waals surface area contributed by atoms with Gasteiger partial charge < -0.3 is 20.4 Å². The SMILES string of the molecule is CC(=O)NCc1ccc(C2CCCN2CC(=O)NCc2cccc(C(=O)NC3CC3)c2)o1. The summed E-state index contributed by atoms with van der Waals surface area (Å²) in [6, 6.07) is 11.5. The fourth-order valence-corrected chi connectivity index (χ4v) is 3.98. The molecule has 3 N–H and O–H groups in total. The molecule has 8 heteroatoms. The summed E-state index contributed by atoms with van der Waals surface area (Å²) in [5.41, 5.74) is 1.52. The van der Waals surface area contributed by atoms with Crippen LogP contribution in [0.15, 0.2) is 40.8 Å². The van der Waals surface area contributed by atoms with Gasteiger partial charge in [0.25, 0.3) is 5.91 Å². The zero-order valence-corrected chi connectivity index (χ0v) is 18.4. The first-order valence-corrected chi connectivity index (χ1v) is 11.2. The molecule has 1 aromatic carbocycles.